The van der Waals surface area contributed by atoms with Crippen molar-refractivity contribution in [1.82, 2.24) is 9.78 Å². The first kappa shape index (κ1) is 10.3. The van der Waals surface area contributed by atoms with Gasteiger partial charge in [0.1, 0.15) is 0 Å². The van der Waals surface area contributed by atoms with E-state index in [0.29, 0.717) is 6.42 Å². The summed E-state index contributed by atoms with van der Waals surface area (Å²) in [6.45, 7) is 0. The molecular weight excluding hydrogens is 184 g/mol. The van der Waals surface area contributed by atoms with Gasteiger partial charge in [0.2, 0.25) is 0 Å². The maximum absolute atomic E-state index is 11.1. The highest BCUT2D eigenvalue weighted by molar-refractivity contribution is 5.88. The molecule has 0 radical (unpaired) electrons. The van der Waals surface area contributed by atoms with Crippen LogP contribution in [0.15, 0.2) is 24.2 Å². The smallest absolute Gasteiger partial charge is 0.337 e. The molecule has 14 heavy (non-hydrogen) atoms. The van der Waals surface area contributed by atoms with Gasteiger partial charge in [0.25, 0.3) is 0 Å². The Bertz CT molecular complexity index is 355. The number of aliphatic hydroxyl groups excluding tert-OH is 1. The Hall–Kier alpha value is -1.78. The van der Waals surface area contributed by atoms with E-state index >= 15 is 0 Å². The maximum Gasteiger partial charge on any atom is 0.337 e. The SMILES string of the molecule is COC(=O)/C(=C\O)Cc1cnn(C)c1. The van der Waals surface area contributed by atoms with Crippen molar-refractivity contribution in [3.8, 4) is 0 Å². The summed E-state index contributed by atoms with van der Waals surface area (Å²) in [5.74, 6) is -0.531. The van der Waals surface area contributed by atoms with Crippen molar-refractivity contribution in [2.75, 3.05) is 7.11 Å². The third-order valence-corrected chi connectivity index (χ3v) is 1.76. The van der Waals surface area contributed by atoms with Gasteiger partial charge in [-0.05, 0) is 5.56 Å². The van der Waals surface area contributed by atoms with E-state index in [0.717, 1.165) is 11.8 Å². The number of carbonyl (C=O) groups excluding carboxylic acids is 1. The summed E-state index contributed by atoms with van der Waals surface area (Å²) in [7, 11) is 3.05. The number of aromatic nitrogens is 2. The van der Waals surface area contributed by atoms with E-state index in [1.807, 2.05) is 0 Å². The monoisotopic (exact) mass is 196 g/mol. The number of hydrogen-bond donors (Lipinski definition) is 1. The molecule has 0 unspecified atom stereocenters. The molecule has 0 fully saturated rings. The van der Waals surface area contributed by atoms with Crippen molar-refractivity contribution < 1.29 is 14.6 Å². The zero-order chi connectivity index (χ0) is 10.6. The molecule has 0 aliphatic heterocycles. The van der Waals surface area contributed by atoms with Crippen molar-refractivity contribution in [3.05, 3.63) is 29.8 Å². The summed E-state index contributed by atoms with van der Waals surface area (Å²) in [6, 6.07) is 0. The minimum Gasteiger partial charge on any atom is -0.515 e. The second-order valence-corrected chi connectivity index (χ2v) is 2.84. The molecule has 1 rings (SSSR count). The summed E-state index contributed by atoms with van der Waals surface area (Å²) in [5.41, 5.74) is 1.05. The molecule has 1 heterocycles. The van der Waals surface area contributed by atoms with E-state index in [4.69, 9.17) is 5.11 Å². The molecular formula is C9H12N2O3. The van der Waals surface area contributed by atoms with E-state index < -0.39 is 5.97 Å². The quantitative estimate of drug-likeness (QED) is 0.436. The minimum atomic E-state index is -0.531. The third-order valence-electron chi connectivity index (χ3n) is 1.76. The fourth-order valence-corrected chi connectivity index (χ4v) is 1.08. The van der Waals surface area contributed by atoms with Crippen molar-refractivity contribution in [2.45, 2.75) is 6.42 Å². The van der Waals surface area contributed by atoms with Gasteiger partial charge >= 0.3 is 5.97 Å². The number of esters is 1. The first-order valence-electron chi connectivity index (χ1n) is 4.06. The van der Waals surface area contributed by atoms with Crippen LogP contribution in [0.25, 0.3) is 0 Å². The van der Waals surface area contributed by atoms with Crippen LogP contribution in [0.2, 0.25) is 0 Å². The topological polar surface area (TPSA) is 64.3 Å². The predicted octanol–water partition coefficient (Wildman–Crippen LogP) is 0.577. The Kier molecular flexibility index (Phi) is 3.28. The molecule has 5 nitrogen and oxygen atoms in total. The molecule has 0 aromatic carbocycles. The molecule has 0 aliphatic rings. The molecule has 0 amide bonds. The van der Waals surface area contributed by atoms with Gasteiger partial charge in [-0.3, -0.25) is 4.68 Å². The van der Waals surface area contributed by atoms with Crippen molar-refractivity contribution >= 4 is 5.97 Å². The summed E-state index contributed by atoms with van der Waals surface area (Å²) < 4.78 is 6.11. The van der Waals surface area contributed by atoms with Gasteiger partial charge in [-0.1, -0.05) is 0 Å². The molecule has 1 aromatic heterocycles. The predicted molar refractivity (Wildman–Crippen MR) is 49.6 cm³/mol. The van der Waals surface area contributed by atoms with Gasteiger partial charge < -0.3 is 9.84 Å². The zero-order valence-electron chi connectivity index (χ0n) is 8.10. The molecule has 5 heteroatoms. The number of ether oxygens (including phenoxy) is 1. The second-order valence-electron chi connectivity index (χ2n) is 2.84. The summed E-state index contributed by atoms with van der Waals surface area (Å²) >= 11 is 0. The van der Waals surface area contributed by atoms with Crippen molar-refractivity contribution in [2.24, 2.45) is 7.05 Å². The second kappa shape index (κ2) is 4.45. The minimum absolute atomic E-state index is 0.209. The van der Waals surface area contributed by atoms with Crippen LogP contribution in [0.3, 0.4) is 0 Å². The summed E-state index contributed by atoms with van der Waals surface area (Å²) in [5, 5.41) is 12.8. The maximum atomic E-state index is 11.1. The molecule has 0 atom stereocenters. The molecule has 0 saturated carbocycles. The largest absolute Gasteiger partial charge is 0.515 e. The van der Waals surface area contributed by atoms with Crippen molar-refractivity contribution in [3.63, 3.8) is 0 Å². The highest BCUT2D eigenvalue weighted by atomic mass is 16.5. The average Bonchev–Trinajstić information content (AvgIpc) is 2.59. The Balaban J connectivity index is 2.72. The fourth-order valence-electron chi connectivity index (χ4n) is 1.08. The highest BCUT2D eigenvalue weighted by Crippen LogP contribution is 2.07. The standard InChI is InChI=1S/C9H12N2O3/c1-11-5-7(4-10-11)3-8(6-12)9(13)14-2/h4-6,12H,3H2,1-2H3/b8-6-. The van der Waals surface area contributed by atoms with Crippen LogP contribution in [-0.4, -0.2) is 28.0 Å². The van der Waals surface area contributed by atoms with Crippen LogP contribution in [0, 0.1) is 0 Å². The molecule has 0 aliphatic carbocycles. The normalized spacial score (nSPS) is 11.4. The van der Waals surface area contributed by atoms with Gasteiger partial charge in [-0.15, -0.1) is 0 Å². The van der Waals surface area contributed by atoms with Crippen LogP contribution in [0.4, 0.5) is 0 Å². The number of carbonyl (C=O) groups is 1. The molecule has 0 saturated heterocycles. The molecule has 76 valence electrons. The highest BCUT2D eigenvalue weighted by Gasteiger charge is 2.11. The van der Waals surface area contributed by atoms with E-state index in [1.54, 1.807) is 24.1 Å². The van der Waals surface area contributed by atoms with E-state index in [1.165, 1.54) is 7.11 Å². The average molecular weight is 196 g/mol. The molecule has 1 N–H and O–H groups in total. The summed E-state index contributed by atoms with van der Waals surface area (Å²) in [6.07, 6.45) is 4.48. The number of aliphatic hydroxyl groups is 1. The molecule has 0 spiro atoms. The van der Waals surface area contributed by atoms with Crippen LogP contribution in [0.5, 0.6) is 0 Å². The fraction of sp³-hybridized carbons (Fsp3) is 0.333. The lowest BCUT2D eigenvalue weighted by atomic mass is 10.1. The number of rotatable bonds is 3. The first-order valence-corrected chi connectivity index (χ1v) is 4.06. The van der Waals surface area contributed by atoms with E-state index in [-0.39, 0.29) is 5.57 Å². The number of aryl methyl sites for hydroxylation is 1. The zero-order valence-corrected chi connectivity index (χ0v) is 8.10. The Morgan fingerprint density at radius 1 is 1.79 bits per heavy atom. The lowest BCUT2D eigenvalue weighted by molar-refractivity contribution is -0.136. The third kappa shape index (κ3) is 2.35. The Morgan fingerprint density at radius 2 is 2.50 bits per heavy atom. The van der Waals surface area contributed by atoms with Crippen LogP contribution in [-0.2, 0) is 23.0 Å². The lowest BCUT2D eigenvalue weighted by Gasteiger charge is -2.00. The number of hydrogen-bond acceptors (Lipinski definition) is 4. The van der Waals surface area contributed by atoms with Gasteiger partial charge in [-0.2, -0.15) is 5.10 Å². The van der Waals surface area contributed by atoms with Gasteiger partial charge in [0, 0.05) is 19.7 Å². The molecule has 0 bridgehead atoms. The van der Waals surface area contributed by atoms with Crippen LogP contribution in [0.1, 0.15) is 5.56 Å². The number of methoxy groups -OCH3 is 1. The van der Waals surface area contributed by atoms with Crippen LogP contribution < -0.4 is 0 Å². The number of nitrogens with zero attached hydrogens (tertiary/aromatic N) is 2. The first-order chi connectivity index (χ1) is 6.67. The van der Waals surface area contributed by atoms with E-state index in [9.17, 15) is 4.79 Å². The van der Waals surface area contributed by atoms with Gasteiger partial charge in [0.05, 0.1) is 25.1 Å². The summed E-state index contributed by atoms with van der Waals surface area (Å²) in [4.78, 5) is 11.1. The Labute approximate surface area is 81.6 Å². The van der Waals surface area contributed by atoms with Crippen LogP contribution >= 0.6 is 0 Å². The Morgan fingerprint density at radius 3 is 2.93 bits per heavy atom. The van der Waals surface area contributed by atoms with Gasteiger partial charge in [-0.25, -0.2) is 4.79 Å². The van der Waals surface area contributed by atoms with Gasteiger partial charge in [0.15, 0.2) is 0 Å². The molecule has 1 aromatic rings. The van der Waals surface area contributed by atoms with Crippen molar-refractivity contribution in [1.29, 1.82) is 0 Å². The van der Waals surface area contributed by atoms with E-state index in [2.05, 4.69) is 9.84 Å². The lowest BCUT2D eigenvalue weighted by Crippen LogP contribution is -2.07.